The van der Waals surface area contributed by atoms with Crippen molar-refractivity contribution < 1.29 is 24.2 Å². The zero-order valence-corrected chi connectivity index (χ0v) is 11.4. The molecule has 1 saturated heterocycles. The minimum atomic E-state index is -1.74. The van der Waals surface area contributed by atoms with Gasteiger partial charge in [0.05, 0.1) is 0 Å². The van der Waals surface area contributed by atoms with Crippen molar-refractivity contribution in [1.29, 1.82) is 0 Å². The lowest BCUT2D eigenvalue weighted by molar-refractivity contribution is -0.381. The minimum Gasteiger partial charge on any atom is -0.403 e. The van der Waals surface area contributed by atoms with Crippen LogP contribution in [-0.4, -0.2) is 40.5 Å². The molecule has 1 aromatic carbocycles. The highest BCUT2D eigenvalue weighted by molar-refractivity contribution is 5.93. The lowest BCUT2D eigenvalue weighted by atomic mass is 9.97. The smallest absolute Gasteiger partial charge is 0.349 e. The second-order valence-corrected chi connectivity index (χ2v) is 5.06. The summed E-state index contributed by atoms with van der Waals surface area (Å²) in [4.78, 5) is 24.9. The van der Waals surface area contributed by atoms with Gasteiger partial charge in [-0.25, -0.2) is 14.5 Å². The molecule has 2 unspecified atom stereocenters. The predicted octanol–water partition coefficient (Wildman–Crippen LogP) is 0.734. The SMILES string of the molecule is CC(c1ccccc1)N1CC(O)C12OC(=O)C=CC(=O)O2. The Bertz CT molecular complexity index is 577. The molecular weight excluding hydrogens is 274 g/mol. The van der Waals surface area contributed by atoms with Gasteiger partial charge in [0.1, 0.15) is 0 Å². The van der Waals surface area contributed by atoms with Gasteiger partial charge in [-0.1, -0.05) is 30.3 Å². The van der Waals surface area contributed by atoms with Gasteiger partial charge in [-0.05, 0) is 12.5 Å². The average Bonchev–Trinajstić information content (AvgIpc) is 2.66. The average molecular weight is 289 g/mol. The van der Waals surface area contributed by atoms with Crippen LogP contribution in [0.4, 0.5) is 0 Å². The summed E-state index contributed by atoms with van der Waals surface area (Å²) in [6.07, 6.45) is 0.914. The van der Waals surface area contributed by atoms with Gasteiger partial charge in [-0.3, -0.25) is 0 Å². The molecule has 1 N–H and O–H groups in total. The van der Waals surface area contributed by atoms with Gasteiger partial charge >= 0.3 is 17.8 Å². The normalized spacial score (nSPS) is 25.7. The third kappa shape index (κ3) is 2.22. The Morgan fingerprint density at radius 2 is 1.76 bits per heavy atom. The first-order chi connectivity index (χ1) is 10.0. The number of aliphatic hydroxyl groups is 1. The maximum absolute atomic E-state index is 11.6. The summed E-state index contributed by atoms with van der Waals surface area (Å²) in [5, 5.41) is 10.0. The molecule has 0 aliphatic carbocycles. The van der Waals surface area contributed by atoms with E-state index in [2.05, 4.69) is 0 Å². The molecule has 2 atom stereocenters. The molecule has 2 heterocycles. The Morgan fingerprint density at radius 1 is 1.19 bits per heavy atom. The molecule has 110 valence electrons. The van der Waals surface area contributed by atoms with Gasteiger partial charge in [0.25, 0.3) is 0 Å². The highest BCUT2D eigenvalue weighted by atomic mass is 16.8. The zero-order chi connectivity index (χ0) is 15.0. The van der Waals surface area contributed by atoms with E-state index in [0.29, 0.717) is 0 Å². The number of β-amino-alcohol motifs (C(OH)–C–C–N with tert-alkyl or cyclic N) is 1. The van der Waals surface area contributed by atoms with Crippen molar-refractivity contribution in [1.82, 2.24) is 4.90 Å². The van der Waals surface area contributed by atoms with Gasteiger partial charge < -0.3 is 14.6 Å². The van der Waals surface area contributed by atoms with Crippen molar-refractivity contribution in [3.05, 3.63) is 48.0 Å². The molecule has 0 saturated carbocycles. The monoisotopic (exact) mass is 289 g/mol. The maximum Gasteiger partial charge on any atom is 0.349 e. The lowest BCUT2D eigenvalue weighted by Gasteiger charge is -2.54. The summed E-state index contributed by atoms with van der Waals surface area (Å²) in [5.74, 6) is -3.18. The Balaban J connectivity index is 1.90. The van der Waals surface area contributed by atoms with Crippen molar-refractivity contribution in [2.75, 3.05) is 6.54 Å². The van der Waals surface area contributed by atoms with Crippen LogP contribution in [0, 0.1) is 0 Å². The Labute approximate surface area is 121 Å². The molecule has 6 nitrogen and oxygen atoms in total. The number of rotatable bonds is 2. The molecule has 3 rings (SSSR count). The second-order valence-electron chi connectivity index (χ2n) is 5.06. The fourth-order valence-corrected chi connectivity index (χ4v) is 2.61. The quantitative estimate of drug-likeness (QED) is 0.809. The second kappa shape index (κ2) is 4.98. The fourth-order valence-electron chi connectivity index (χ4n) is 2.61. The van der Waals surface area contributed by atoms with Crippen molar-refractivity contribution in [2.45, 2.75) is 25.0 Å². The molecule has 0 radical (unpaired) electrons. The number of esters is 2. The van der Waals surface area contributed by atoms with E-state index in [1.807, 2.05) is 37.3 Å². The predicted molar refractivity (Wildman–Crippen MR) is 71.6 cm³/mol. The summed E-state index contributed by atoms with van der Waals surface area (Å²) < 4.78 is 10.4. The third-order valence-electron chi connectivity index (χ3n) is 3.79. The number of ether oxygens (including phenoxy) is 2. The van der Waals surface area contributed by atoms with Crippen LogP contribution in [0.3, 0.4) is 0 Å². The van der Waals surface area contributed by atoms with Gasteiger partial charge in [-0.2, -0.15) is 0 Å². The highest BCUT2D eigenvalue weighted by Crippen LogP contribution is 2.41. The summed E-state index contributed by atoms with van der Waals surface area (Å²) in [7, 11) is 0. The van der Waals surface area contributed by atoms with Crippen LogP contribution in [0.5, 0.6) is 0 Å². The molecule has 0 bridgehead atoms. The number of carbonyl (C=O) groups excluding carboxylic acids is 2. The van der Waals surface area contributed by atoms with E-state index in [1.54, 1.807) is 4.90 Å². The zero-order valence-electron chi connectivity index (χ0n) is 11.4. The number of benzene rings is 1. The number of carbonyl (C=O) groups is 2. The van der Waals surface area contributed by atoms with E-state index in [1.165, 1.54) is 0 Å². The van der Waals surface area contributed by atoms with Crippen molar-refractivity contribution in [3.8, 4) is 0 Å². The van der Waals surface area contributed by atoms with Gasteiger partial charge in [0.15, 0.2) is 6.10 Å². The van der Waals surface area contributed by atoms with Gasteiger partial charge in [0, 0.05) is 24.7 Å². The minimum absolute atomic E-state index is 0.187. The van der Waals surface area contributed by atoms with Crippen LogP contribution in [0.25, 0.3) is 0 Å². The molecular formula is C15H15NO5. The van der Waals surface area contributed by atoms with E-state index in [0.717, 1.165) is 17.7 Å². The number of likely N-dealkylation sites (tertiary alicyclic amines) is 1. The van der Waals surface area contributed by atoms with Crippen molar-refractivity contribution >= 4 is 11.9 Å². The molecule has 1 aromatic rings. The topological polar surface area (TPSA) is 76.1 Å². The molecule has 0 amide bonds. The molecule has 0 aromatic heterocycles. The first-order valence-electron chi connectivity index (χ1n) is 6.67. The molecule has 21 heavy (non-hydrogen) atoms. The van der Waals surface area contributed by atoms with Crippen LogP contribution in [0.15, 0.2) is 42.5 Å². The molecule has 1 fully saturated rings. The highest BCUT2D eigenvalue weighted by Gasteiger charge is 2.62. The number of nitrogens with zero attached hydrogens (tertiary/aromatic N) is 1. The molecule has 2 aliphatic heterocycles. The first kappa shape index (κ1) is 13.8. The van der Waals surface area contributed by atoms with E-state index >= 15 is 0 Å². The standard InChI is InChI=1S/C15H15NO5/c1-10(11-5-3-2-4-6-11)16-9-12(17)15(16)20-13(18)7-8-14(19)21-15/h2-8,10,12,17H,9H2,1H3. The molecule has 1 spiro atoms. The van der Waals surface area contributed by atoms with Crippen LogP contribution in [0.2, 0.25) is 0 Å². The van der Waals surface area contributed by atoms with Gasteiger partial charge in [-0.15, -0.1) is 0 Å². The summed E-state index contributed by atoms with van der Waals surface area (Å²) in [6.45, 7) is 2.14. The van der Waals surface area contributed by atoms with Crippen molar-refractivity contribution in [2.24, 2.45) is 0 Å². The van der Waals surface area contributed by atoms with E-state index in [-0.39, 0.29) is 12.6 Å². The molecule has 2 aliphatic rings. The van der Waals surface area contributed by atoms with Crippen LogP contribution >= 0.6 is 0 Å². The van der Waals surface area contributed by atoms with E-state index < -0.39 is 24.0 Å². The number of hydrogen-bond acceptors (Lipinski definition) is 6. The largest absolute Gasteiger partial charge is 0.403 e. The first-order valence-corrected chi connectivity index (χ1v) is 6.67. The number of aliphatic hydroxyl groups excluding tert-OH is 1. The summed E-state index contributed by atoms with van der Waals surface area (Å²) >= 11 is 0. The van der Waals surface area contributed by atoms with Crippen LogP contribution < -0.4 is 0 Å². The Hall–Kier alpha value is -2.18. The van der Waals surface area contributed by atoms with Gasteiger partial charge in [0.2, 0.25) is 0 Å². The van der Waals surface area contributed by atoms with Crippen molar-refractivity contribution in [3.63, 3.8) is 0 Å². The van der Waals surface area contributed by atoms with Crippen LogP contribution in [-0.2, 0) is 19.1 Å². The summed E-state index contributed by atoms with van der Waals surface area (Å²) in [6, 6.07) is 9.33. The lowest BCUT2D eigenvalue weighted by Crippen LogP contribution is -2.74. The van der Waals surface area contributed by atoms with Crippen LogP contribution in [0.1, 0.15) is 18.5 Å². The third-order valence-corrected chi connectivity index (χ3v) is 3.79. The maximum atomic E-state index is 11.6. The summed E-state index contributed by atoms with van der Waals surface area (Å²) in [5.41, 5.74) is 0.966. The molecule has 6 heteroatoms. The Morgan fingerprint density at radius 3 is 2.29 bits per heavy atom. The Kier molecular flexibility index (Phi) is 3.27. The fraction of sp³-hybridized carbons (Fsp3) is 0.333. The van der Waals surface area contributed by atoms with E-state index in [9.17, 15) is 14.7 Å². The van der Waals surface area contributed by atoms with E-state index in [4.69, 9.17) is 9.47 Å². The number of hydrogen-bond donors (Lipinski definition) is 1.